The highest BCUT2D eigenvalue weighted by Crippen LogP contribution is 2.28. The number of nitrogens with zero attached hydrogens (tertiary/aromatic N) is 2. The van der Waals surface area contributed by atoms with Gasteiger partial charge in [-0.15, -0.1) is 17.0 Å². The van der Waals surface area contributed by atoms with Crippen LogP contribution >= 0.6 is 28.7 Å². The molecule has 35 heavy (non-hydrogen) atoms. The fraction of sp³-hybridized carbons (Fsp3) is 0.192. The lowest BCUT2D eigenvalue weighted by Gasteiger charge is -2.09. The number of halogens is 1. The van der Waals surface area contributed by atoms with Crippen molar-refractivity contribution in [3.63, 3.8) is 0 Å². The molecule has 7 nitrogen and oxygen atoms in total. The summed E-state index contributed by atoms with van der Waals surface area (Å²) in [4.78, 5) is 28.8. The Hall–Kier alpha value is -3.30. The van der Waals surface area contributed by atoms with Crippen LogP contribution in [0.3, 0.4) is 0 Å². The molecule has 0 saturated heterocycles. The van der Waals surface area contributed by atoms with Crippen LogP contribution in [0.1, 0.15) is 15.9 Å². The zero-order chi connectivity index (χ0) is 23.9. The van der Waals surface area contributed by atoms with Gasteiger partial charge in [-0.25, -0.2) is 9.78 Å². The number of methoxy groups -OCH3 is 2. The Labute approximate surface area is 218 Å². The number of thioether (sulfide) groups is 1. The topological polar surface area (TPSA) is 79.7 Å². The molecule has 1 aromatic heterocycles. The smallest absolute Gasteiger partial charge is 0.343 e. The molecule has 0 aliphatic heterocycles. The third kappa shape index (κ3) is 6.64. The Morgan fingerprint density at radius 3 is 2.34 bits per heavy atom. The number of benzene rings is 3. The lowest BCUT2D eigenvalue weighted by Crippen LogP contribution is -2.12. The van der Waals surface area contributed by atoms with Crippen molar-refractivity contribution < 1.29 is 23.8 Å². The van der Waals surface area contributed by atoms with E-state index in [0.29, 0.717) is 17.9 Å². The van der Waals surface area contributed by atoms with Crippen LogP contribution in [-0.2, 0) is 16.1 Å². The highest BCUT2D eigenvalue weighted by Gasteiger charge is 2.15. The van der Waals surface area contributed by atoms with Crippen LogP contribution in [0.4, 0.5) is 0 Å². The number of rotatable bonds is 10. The van der Waals surface area contributed by atoms with Gasteiger partial charge < -0.3 is 18.8 Å². The zero-order valence-electron chi connectivity index (χ0n) is 19.3. The van der Waals surface area contributed by atoms with E-state index in [-0.39, 0.29) is 35.1 Å². The van der Waals surface area contributed by atoms with Gasteiger partial charge in [0.05, 0.1) is 37.6 Å². The number of carbonyl (C=O) groups is 2. The summed E-state index contributed by atoms with van der Waals surface area (Å²) in [6.07, 6.45) is 0. The Bertz CT molecular complexity index is 1290. The first-order valence-electron chi connectivity index (χ1n) is 10.6. The van der Waals surface area contributed by atoms with Crippen LogP contribution in [0.5, 0.6) is 11.5 Å². The predicted molar refractivity (Wildman–Crippen MR) is 141 cm³/mol. The molecule has 4 rings (SSSR count). The van der Waals surface area contributed by atoms with Crippen LogP contribution in [0.2, 0.25) is 0 Å². The number of ether oxygens (including phenoxy) is 3. The molecular weight excluding hydrogens is 532 g/mol. The lowest BCUT2D eigenvalue weighted by molar-refractivity contribution is -0.142. The van der Waals surface area contributed by atoms with Crippen molar-refractivity contribution in [2.45, 2.75) is 11.7 Å². The highest BCUT2D eigenvalue weighted by molar-refractivity contribution is 8.93. The van der Waals surface area contributed by atoms with E-state index in [9.17, 15) is 9.59 Å². The van der Waals surface area contributed by atoms with Gasteiger partial charge in [-0.2, -0.15) is 0 Å². The molecular formula is C26H25BrN2O5S. The fourth-order valence-electron chi connectivity index (χ4n) is 3.40. The maximum atomic E-state index is 12.8. The molecule has 0 aliphatic carbocycles. The van der Waals surface area contributed by atoms with Crippen molar-refractivity contribution in [3.8, 4) is 11.5 Å². The average molecular weight is 557 g/mol. The third-order valence-corrected chi connectivity index (χ3v) is 6.17. The molecule has 0 N–H and O–H groups in total. The third-order valence-electron chi connectivity index (χ3n) is 5.20. The van der Waals surface area contributed by atoms with Crippen LogP contribution in [-0.4, -0.2) is 47.9 Å². The molecule has 9 heteroatoms. The van der Waals surface area contributed by atoms with Crippen molar-refractivity contribution in [1.29, 1.82) is 0 Å². The number of ketones is 1. The number of esters is 1. The van der Waals surface area contributed by atoms with Gasteiger partial charge in [-0.3, -0.25) is 4.79 Å². The number of fused-ring (bicyclic) bond motifs is 1. The minimum atomic E-state index is -0.465. The zero-order valence-corrected chi connectivity index (χ0v) is 21.8. The monoisotopic (exact) mass is 556 g/mol. The number of Topliss-reactive ketones (excluding diaryl/α,β-unsaturated/α-hetero) is 1. The van der Waals surface area contributed by atoms with E-state index in [1.807, 2.05) is 36.4 Å². The second kappa shape index (κ2) is 12.4. The van der Waals surface area contributed by atoms with Crippen molar-refractivity contribution in [1.82, 2.24) is 9.55 Å². The van der Waals surface area contributed by atoms with Crippen molar-refractivity contribution in [3.05, 3.63) is 83.9 Å². The Morgan fingerprint density at radius 2 is 1.66 bits per heavy atom. The number of aromatic nitrogens is 2. The van der Waals surface area contributed by atoms with E-state index in [1.165, 1.54) is 18.9 Å². The predicted octanol–water partition coefficient (Wildman–Crippen LogP) is 5.20. The summed E-state index contributed by atoms with van der Waals surface area (Å²) in [6.45, 7) is 0.467. The quantitative estimate of drug-likeness (QED) is 0.151. The molecule has 0 amide bonds. The van der Waals surface area contributed by atoms with E-state index in [4.69, 9.17) is 14.5 Å². The van der Waals surface area contributed by atoms with E-state index >= 15 is 0 Å². The summed E-state index contributed by atoms with van der Waals surface area (Å²) >= 11 is 1.40. The Morgan fingerprint density at radius 1 is 0.943 bits per heavy atom. The SMILES string of the molecule is Br.COC(=O)COc1ccc(C(=O)CSc2nc3cc(OC)ccc3n2Cc2ccccc2)cc1. The molecule has 3 aromatic carbocycles. The molecule has 4 aromatic rings. The Balaban J connectivity index is 0.00000342. The molecule has 0 fully saturated rings. The first-order chi connectivity index (χ1) is 16.6. The number of imidazole rings is 1. The van der Waals surface area contributed by atoms with E-state index < -0.39 is 5.97 Å². The van der Waals surface area contributed by atoms with Crippen molar-refractivity contribution >= 4 is 51.5 Å². The van der Waals surface area contributed by atoms with Crippen LogP contribution in [0.15, 0.2) is 78.0 Å². The van der Waals surface area contributed by atoms with Gasteiger partial charge in [0.1, 0.15) is 11.5 Å². The van der Waals surface area contributed by atoms with Crippen LogP contribution < -0.4 is 9.47 Å². The second-order valence-electron chi connectivity index (χ2n) is 7.42. The molecule has 0 bridgehead atoms. The van der Waals surface area contributed by atoms with E-state index in [1.54, 1.807) is 31.4 Å². The number of hydrogen-bond donors (Lipinski definition) is 0. The van der Waals surface area contributed by atoms with Crippen LogP contribution in [0.25, 0.3) is 11.0 Å². The number of hydrogen-bond acceptors (Lipinski definition) is 7. The molecule has 0 aliphatic rings. The molecule has 0 spiro atoms. The summed E-state index contributed by atoms with van der Waals surface area (Å²) in [5.74, 6) is 0.970. The summed E-state index contributed by atoms with van der Waals surface area (Å²) in [5, 5.41) is 0.762. The van der Waals surface area contributed by atoms with Gasteiger partial charge in [-0.1, -0.05) is 42.1 Å². The summed E-state index contributed by atoms with van der Waals surface area (Å²) < 4.78 is 17.3. The van der Waals surface area contributed by atoms with Gasteiger partial charge in [0, 0.05) is 11.6 Å². The molecule has 0 atom stereocenters. The van der Waals surface area contributed by atoms with Crippen LogP contribution in [0, 0.1) is 0 Å². The van der Waals surface area contributed by atoms with Gasteiger partial charge in [0.25, 0.3) is 0 Å². The van der Waals surface area contributed by atoms with Crippen molar-refractivity contribution in [2.24, 2.45) is 0 Å². The minimum absolute atomic E-state index is 0. The lowest BCUT2D eigenvalue weighted by atomic mass is 10.1. The molecule has 1 heterocycles. The van der Waals surface area contributed by atoms with E-state index in [2.05, 4.69) is 21.4 Å². The highest BCUT2D eigenvalue weighted by atomic mass is 79.9. The van der Waals surface area contributed by atoms with E-state index in [0.717, 1.165) is 27.5 Å². The second-order valence-corrected chi connectivity index (χ2v) is 8.36. The minimum Gasteiger partial charge on any atom is -0.497 e. The maximum Gasteiger partial charge on any atom is 0.343 e. The molecule has 0 unspecified atom stereocenters. The van der Waals surface area contributed by atoms with Gasteiger partial charge in [0.2, 0.25) is 0 Å². The average Bonchev–Trinajstić information content (AvgIpc) is 3.22. The summed E-state index contributed by atoms with van der Waals surface area (Å²) in [5.41, 5.74) is 3.50. The maximum absolute atomic E-state index is 12.8. The Kier molecular flexibility index (Phi) is 9.33. The van der Waals surface area contributed by atoms with Gasteiger partial charge >= 0.3 is 5.97 Å². The summed E-state index contributed by atoms with van der Waals surface area (Å²) in [6, 6.07) is 22.6. The molecule has 182 valence electrons. The fourth-order valence-corrected chi connectivity index (χ4v) is 4.30. The standard InChI is InChI=1S/C26H24N2O5S.BrH/c1-31-21-12-13-23-22(14-21)27-26(28(23)15-18-6-4-3-5-7-18)34-17-24(29)19-8-10-20(11-9-19)33-16-25(30)32-2;/h3-14H,15-17H2,1-2H3;1H. The van der Waals surface area contributed by atoms with Crippen molar-refractivity contribution in [2.75, 3.05) is 26.6 Å². The summed E-state index contributed by atoms with van der Waals surface area (Å²) in [7, 11) is 2.93. The normalized spacial score (nSPS) is 10.5. The largest absolute Gasteiger partial charge is 0.497 e. The number of carbonyl (C=O) groups excluding carboxylic acids is 2. The molecule has 0 radical (unpaired) electrons. The first kappa shape index (κ1) is 26.3. The van der Waals surface area contributed by atoms with Gasteiger partial charge in [0.15, 0.2) is 17.5 Å². The van der Waals surface area contributed by atoms with Gasteiger partial charge in [-0.05, 0) is 42.0 Å². The first-order valence-corrected chi connectivity index (χ1v) is 11.6. The molecule has 0 saturated carbocycles.